The highest BCUT2D eigenvalue weighted by Gasteiger charge is 2.24. The van der Waals surface area contributed by atoms with Crippen LogP contribution in [-0.4, -0.2) is 32.7 Å². The van der Waals surface area contributed by atoms with Crippen molar-refractivity contribution < 1.29 is 14.3 Å². The molecule has 1 atom stereocenters. The van der Waals surface area contributed by atoms with Gasteiger partial charge in [-0.15, -0.1) is 0 Å². The van der Waals surface area contributed by atoms with Crippen molar-refractivity contribution in [2.45, 2.75) is 19.6 Å². The largest absolute Gasteiger partial charge is 0.479 e. The van der Waals surface area contributed by atoms with E-state index in [4.69, 9.17) is 4.74 Å². The standard InChI is InChI=1S/C25H21N5O3/c1-16-24(31)28-21-12-19(9-10-22(21)33-16)27-25(32)20-15-30(14-17-6-3-2-4-7-17)29-23(20)18-8-5-11-26-13-18/h2-13,15-16H,14H2,1H3,(H,27,32)(H,28,31)/t16-/m0/s1. The average Bonchev–Trinajstić information content (AvgIpc) is 3.25. The molecule has 8 heteroatoms. The number of aromatic nitrogens is 3. The number of nitrogens with one attached hydrogen (secondary N) is 2. The van der Waals surface area contributed by atoms with Crippen molar-refractivity contribution >= 4 is 23.2 Å². The molecule has 8 nitrogen and oxygen atoms in total. The van der Waals surface area contributed by atoms with E-state index in [1.54, 1.807) is 54.5 Å². The maximum absolute atomic E-state index is 13.3. The second kappa shape index (κ2) is 8.58. The number of rotatable bonds is 5. The molecule has 0 saturated heterocycles. The molecule has 0 unspecified atom stereocenters. The van der Waals surface area contributed by atoms with Crippen LogP contribution in [0, 0.1) is 0 Å². The highest BCUT2D eigenvalue weighted by molar-refractivity contribution is 6.08. The number of anilines is 2. The first-order valence-corrected chi connectivity index (χ1v) is 10.5. The molecule has 2 amide bonds. The molecular formula is C25H21N5O3. The van der Waals surface area contributed by atoms with Gasteiger partial charge in [0.2, 0.25) is 0 Å². The van der Waals surface area contributed by atoms with Crippen LogP contribution in [0.1, 0.15) is 22.8 Å². The van der Waals surface area contributed by atoms with Gasteiger partial charge in [-0.3, -0.25) is 19.3 Å². The number of carbonyl (C=O) groups excluding carboxylic acids is 2. The minimum atomic E-state index is -0.560. The van der Waals surface area contributed by atoms with Crippen LogP contribution in [-0.2, 0) is 11.3 Å². The quantitative estimate of drug-likeness (QED) is 0.490. The highest BCUT2D eigenvalue weighted by Crippen LogP contribution is 2.32. The summed E-state index contributed by atoms with van der Waals surface area (Å²) in [4.78, 5) is 29.3. The van der Waals surface area contributed by atoms with Crippen molar-refractivity contribution in [1.29, 1.82) is 0 Å². The summed E-state index contributed by atoms with van der Waals surface area (Å²) in [6, 6.07) is 18.7. The molecule has 5 rings (SSSR count). The maximum Gasteiger partial charge on any atom is 0.265 e. The number of ether oxygens (including phenoxy) is 1. The Kier molecular flexibility index (Phi) is 5.32. The number of benzene rings is 2. The van der Waals surface area contributed by atoms with Crippen molar-refractivity contribution in [1.82, 2.24) is 14.8 Å². The summed E-state index contributed by atoms with van der Waals surface area (Å²) in [5.41, 5.74) is 3.83. The molecule has 2 aromatic carbocycles. The number of carbonyl (C=O) groups is 2. The topological polar surface area (TPSA) is 98.1 Å². The van der Waals surface area contributed by atoms with Gasteiger partial charge in [-0.2, -0.15) is 5.10 Å². The Balaban J connectivity index is 1.44. The summed E-state index contributed by atoms with van der Waals surface area (Å²) in [5.74, 6) is 0.0170. The molecular weight excluding hydrogens is 418 g/mol. The summed E-state index contributed by atoms with van der Waals surface area (Å²) in [6.45, 7) is 2.21. The molecule has 1 aliphatic rings. The van der Waals surface area contributed by atoms with Gasteiger partial charge in [0.05, 0.1) is 17.8 Å². The van der Waals surface area contributed by atoms with Crippen LogP contribution in [0.15, 0.2) is 79.3 Å². The number of amides is 2. The van der Waals surface area contributed by atoms with Crippen LogP contribution in [0.5, 0.6) is 5.75 Å². The van der Waals surface area contributed by atoms with Gasteiger partial charge in [0.1, 0.15) is 11.4 Å². The van der Waals surface area contributed by atoms with Crippen LogP contribution < -0.4 is 15.4 Å². The first kappa shape index (κ1) is 20.4. The molecule has 2 N–H and O–H groups in total. The zero-order chi connectivity index (χ0) is 22.8. The Morgan fingerprint density at radius 1 is 1.15 bits per heavy atom. The van der Waals surface area contributed by atoms with Gasteiger partial charge < -0.3 is 15.4 Å². The van der Waals surface area contributed by atoms with E-state index in [9.17, 15) is 9.59 Å². The van der Waals surface area contributed by atoms with Crippen molar-refractivity contribution in [3.63, 3.8) is 0 Å². The van der Waals surface area contributed by atoms with Crippen molar-refractivity contribution in [3.8, 4) is 17.0 Å². The predicted octanol–water partition coefficient (Wildman–Crippen LogP) is 3.97. The molecule has 3 heterocycles. The average molecular weight is 439 g/mol. The van der Waals surface area contributed by atoms with Crippen LogP contribution in [0.4, 0.5) is 11.4 Å². The van der Waals surface area contributed by atoms with Crippen molar-refractivity contribution in [2.24, 2.45) is 0 Å². The van der Waals surface area contributed by atoms with E-state index in [1.165, 1.54) is 0 Å². The van der Waals surface area contributed by atoms with Gasteiger partial charge in [0.15, 0.2) is 6.10 Å². The third kappa shape index (κ3) is 4.31. The fourth-order valence-electron chi connectivity index (χ4n) is 3.64. The van der Waals surface area contributed by atoms with Gasteiger partial charge >= 0.3 is 0 Å². The molecule has 0 saturated carbocycles. The van der Waals surface area contributed by atoms with E-state index in [2.05, 4.69) is 20.7 Å². The lowest BCUT2D eigenvalue weighted by atomic mass is 10.1. The monoisotopic (exact) mass is 439 g/mol. The van der Waals surface area contributed by atoms with E-state index in [1.807, 2.05) is 36.4 Å². The second-order valence-corrected chi connectivity index (χ2v) is 7.73. The van der Waals surface area contributed by atoms with E-state index < -0.39 is 6.10 Å². The molecule has 1 aliphatic heterocycles. The second-order valence-electron chi connectivity index (χ2n) is 7.73. The first-order chi connectivity index (χ1) is 16.1. The fourth-order valence-corrected chi connectivity index (χ4v) is 3.64. The van der Waals surface area contributed by atoms with Crippen LogP contribution in [0.2, 0.25) is 0 Å². The van der Waals surface area contributed by atoms with E-state index in [0.717, 1.165) is 11.1 Å². The Hall–Kier alpha value is -4.46. The van der Waals surface area contributed by atoms with Crippen LogP contribution in [0.25, 0.3) is 11.3 Å². The lowest BCUT2D eigenvalue weighted by Gasteiger charge is -2.23. The smallest absolute Gasteiger partial charge is 0.265 e. The number of hydrogen-bond donors (Lipinski definition) is 2. The molecule has 33 heavy (non-hydrogen) atoms. The van der Waals surface area contributed by atoms with E-state index in [0.29, 0.717) is 34.9 Å². The molecule has 164 valence electrons. The van der Waals surface area contributed by atoms with Gasteiger partial charge in [-0.25, -0.2) is 0 Å². The molecule has 0 bridgehead atoms. The zero-order valence-corrected chi connectivity index (χ0v) is 17.9. The summed E-state index contributed by atoms with van der Waals surface area (Å²) in [6.07, 6.45) is 4.53. The highest BCUT2D eigenvalue weighted by atomic mass is 16.5. The number of hydrogen-bond acceptors (Lipinski definition) is 5. The normalized spacial score (nSPS) is 14.7. The maximum atomic E-state index is 13.3. The summed E-state index contributed by atoms with van der Waals surface area (Å²) in [5, 5.41) is 10.4. The van der Waals surface area contributed by atoms with Crippen molar-refractivity contribution in [3.05, 3.63) is 90.4 Å². The summed E-state index contributed by atoms with van der Waals surface area (Å²) >= 11 is 0. The third-order valence-corrected chi connectivity index (χ3v) is 5.30. The predicted molar refractivity (Wildman–Crippen MR) is 124 cm³/mol. The Labute approximate surface area is 190 Å². The summed E-state index contributed by atoms with van der Waals surface area (Å²) < 4.78 is 7.33. The fraction of sp³-hybridized carbons (Fsp3) is 0.120. The Morgan fingerprint density at radius 3 is 2.79 bits per heavy atom. The molecule has 0 spiro atoms. The minimum Gasteiger partial charge on any atom is -0.479 e. The number of nitrogens with zero attached hydrogens (tertiary/aromatic N) is 3. The summed E-state index contributed by atoms with van der Waals surface area (Å²) in [7, 11) is 0. The van der Waals surface area contributed by atoms with E-state index in [-0.39, 0.29) is 11.8 Å². The Bertz CT molecular complexity index is 1320. The van der Waals surface area contributed by atoms with Crippen LogP contribution >= 0.6 is 0 Å². The number of fused-ring (bicyclic) bond motifs is 1. The lowest BCUT2D eigenvalue weighted by Crippen LogP contribution is -2.34. The van der Waals surface area contributed by atoms with Gasteiger partial charge in [0, 0.05) is 29.8 Å². The lowest BCUT2D eigenvalue weighted by molar-refractivity contribution is -0.122. The minimum absolute atomic E-state index is 0.230. The first-order valence-electron chi connectivity index (χ1n) is 10.5. The van der Waals surface area contributed by atoms with E-state index >= 15 is 0 Å². The molecule has 0 fully saturated rings. The molecule has 4 aromatic rings. The zero-order valence-electron chi connectivity index (χ0n) is 17.9. The number of pyridine rings is 1. The Morgan fingerprint density at radius 2 is 2.00 bits per heavy atom. The van der Waals surface area contributed by atoms with Crippen molar-refractivity contribution in [2.75, 3.05) is 10.6 Å². The molecule has 0 aliphatic carbocycles. The van der Waals surface area contributed by atoms with Crippen LogP contribution in [0.3, 0.4) is 0 Å². The van der Waals surface area contributed by atoms with Gasteiger partial charge in [-0.1, -0.05) is 30.3 Å². The molecule has 2 aromatic heterocycles. The SMILES string of the molecule is C[C@@H]1Oc2ccc(NC(=O)c3cn(Cc4ccccc4)nc3-c3cccnc3)cc2NC1=O. The molecule has 0 radical (unpaired) electrons. The van der Waals surface area contributed by atoms with Gasteiger partial charge in [0.25, 0.3) is 11.8 Å². The van der Waals surface area contributed by atoms with Gasteiger partial charge in [-0.05, 0) is 42.8 Å². The third-order valence-electron chi connectivity index (χ3n) is 5.30.